The highest BCUT2D eigenvalue weighted by Gasteiger charge is 2.12. The van der Waals surface area contributed by atoms with Crippen LogP contribution in [0.3, 0.4) is 0 Å². The van der Waals surface area contributed by atoms with Crippen LogP contribution in [-0.4, -0.2) is 21.0 Å². The zero-order chi connectivity index (χ0) is 21.3. The molecule has 2 heterocycles. The van der Waals surface area contributed by atoms with Crippen LogP contribution < -0.4 is 5.73 Å². The maximum atomic E-state index is 10.8. The number of carboxylic acids is 1. The monoisotopic (exact) mass is 399 g/mol. The summed E-state index contributed by atoms with van der Waals surface area (Å²) in [6.45, 7) is 4.14. The number of carbonyl (C=O) groups is 1. The fraction of sp³-hybridized carbons (Fsp3) is 0.240. The first kappa shape index (κ1) is 19.8. The molecule has 30 heavy (non-hydrogen) atoms. The Morgan fingerprint density at radius 1 is 1.00 bits per heavy atom. The Morgan fingerprint density at radius 3 is 2.57 bits per heavy atom. The third kappa shape index (κ3) is 3.96. The highest BCUT2D eigenvalue weighted by molar-refractivity contribution is 6.09. The van der Waals surface area contributed by atoms with Crippen LogP contribution in [0.1, 0.15) is 34.2 Å². The summed E-state index contributed by atoms with van der Waals surface area (Å²) < 4.78 is 0. The van der Waals surface area contributed by atoms with Crippen molar-refractivity contribution in [2.24, 2.45) is 0 Å². The number of carboxylic acid groups (broad SMARTS) is 1. The largest absolute Gasteiger partial charge is 0.481 e. The SMILES string of the molecule is Cc1ccc2c(c1)nc(N)c1nccc(CCc3ccc(CCC(=O)O)cc3C)c12. The van der Waals surface area contributed by atoms with Crippen LogP contribution in [0.4, 0.5) is 5.82 Å². The van der Waals surface area contributed by atoms with Gasteiger partial charge in [0, 0.05) is 23.4 Å². The number of rotatable bonds is 6. The fourth-order valence-electron chi connectivity index (χ4n) is 4.05. The first-order valence-corrected chi connectivity index (χ1v) is 10.2. The molecule has 0 unspecified atom stereocenters. The number of aromatic nitrogens is 2. The van der Waals surface area contributed by atoms with E-state index in [2.05, 4.69) is 60.2 Å². The minimum atomic E-state index is -0.766. The van der Waals surface area contributed by atoms with Gasteiger partial charge in [-0.3, -0.25) is 9.78 Å². The minimum Gasteiger partial charge on any atom is -0.481 e. The van der Waals surface area contributed by atoms with E-state index in [-0.39, 0.29) is 6.42 Å². The molecule has 4 rings (SSSR count). The van der Waals surface area contributed by atoms with E-state index in [9.17, 15) is 4.79 Å². The molecule has 0 aliphatic rings. The Morgan fingerprint density at radius 2 is 1.80 bits per heavy atom. The lowest BCUT2D eigenvalue weighted by atomic mass is 9.95. The fourth-order valence-corrected chi connectivity index (χ4v) is 4.05. The average Bonchev–Trinajstić information content (AvgIpc) is 2.71. The summed E-state index contributed by atoms with van der Waals surface area (Å²) in [4.78, 5) is 19.9. The van der Waals surface area contributed by atoms with E-state index in [4.69, 9.17) is 10.8 Å². The third-order valence-corrected chi connectivity index (χ3v) is 5.64. The summed E-state index contributed by atoms with van der Waals surface area (Å²) in [6, 6.07) is 14.6. The van der Waals surface area contributed by atoms with Gasteiger partial charge in [-0.2, -0.15) is 0 Å². The molecule has 0 bridgehead atoms. The maximum Gasteiger partial charge on any atom is 0.303 e. The maximum absolute atomic E-state index is 10.8. The molecule has 5 nitrogen and oxygen atoms in total. The second-order valence-electron chi connectivity index (χ2n) is 7.87. The van der Waals surface area contributed by atoms with Gasteiger partial charge in [-0.05, 0) is 73.1 Å². The van der Waals surface area contributed by atoms with Crippen LogP contribution >= 0.6 is 0 Å². The molecule has 0 fully saturated rings. The number of anilines is 1. The van der Waals surface area contributed by atoms with Gasteiger partial charge in [0.15, 0.2) is 5.82 Å². The zero-order valence-corrected chi connectivity index (χ0v) is 17.3. The molecule has 0 atom stereocenters. The van der Waals surface area contributed by atoms with Gasteiger partial charge in [-0.25, -0.2) is 4.98 Å². The average molecular weight is 399 g/mol. The second kappa shape index (κ2) is 8.11. The smallest absolute Gasteiger partial charge is 0.303 e. The number of nitrogens with zero attached hydrogens (tertiary/aromatic N) is 2. The number of aliphatic carboxylic acids is 1. The highest BCUT2D eigenvalue weighted by atomic mass is 16.4. The summed E-state index contributed by atoms with van der Waals surface area (Å²) >= 11 is 0. The van der Waals surface area contributed by atoms with Crippen molar-refractivity contribution >= 4 is 33.6 Å². The lowest BCUT2D eigenvalue weighted by Crippen LogP contribution is -2.01. The van der Waals surface area contributed by atoms with Gasteiger partial charge in [0.05, 0.1) is 5.52 Å². The van der Waals surface area contributed by atoms with Gasteiger partial charge in [-0.15, -0.1) is 0 Å². The normalized spacial score (nSPS) is 11.3. The molecular weight excluding hydrogens is 374 g/mol. The van der Waals surface area contributed by atoms with Crippen LogP contribution in [0, 0.1) is 13.8 Å². The van der Waals surface area contributed by atoms with Crippen molar-refractivity contribution in [2.45, 2.75) is 39.5 Å². The lowest BCUT2D eigenvalue weighted by molar-refractivity contribution is -0.136. The molecule has 0 radical (unpaired) electrons. The molecule has 0 saturated heterocycles. The Kier molecular flexibility index (Phi) is 5.36. The minimum absolute atomic E-state index is 0.157. The summed E-state index contributed by atoms with van der Waals surface area (Å²) in [5.41, 5.74) is 13.8. The number of fused-ring (bicyclic) bond motifs is 3. The molecule has 0 saturated carbocycles. The molecule has 152 valence electrons. The number of hydrogen-bond donors (Lipinski definition) is 2. The lowest BCUT2D eigenvalue weighted by Gasteiger charge is -2.13. The van der Waals surface area contributed by atoms with Gasteiger partial charge in [0.2, 0.25) is 0 Å². The van der Waals surface area contributed by atoms with Crippen molar-refractivity contribution in [3.63, 3.8) is 0 Å². The van der Waals surface area contributed by atoms with E-state index in [1.54, 1.807) is 6.20 Å². The number of hydrogen-bond acceptors (Lipinski definition) is 4. The van der Waals surface area contributed by atoms with Crippen LogP contribution in [0.5, 0.6) is 0 Å². The zero-order valence-electron chi connectivity index (χ0n) is 17.3. The van der Waals surface area contributed by atoms with E-state index in [0.717, 1.165) is 45.8 Å². The van der Waals surface area contributed by atoms with E-state index in [1.165, 1.54) is 16.7 Å². The van der Waals surface area contributed by atoms with E-state index in [1.807, 2.05) is 6.07 Å². The van der Waals surface area contributed by atoms with E-state index in [0.29, 0.717) is 12.2 Å². The number of aryl methyl sites for hydroxylation is 5. The van der Waals surface area contributed by atoms with Crippen molar-refractivity contribution in [2.75, 3.05) is 5.73 Å². The van der Waals surface area contributed by atoms with Crippen LogP contribution in [0.15, 0.2) is 48.7 Å². The van der Waals surface area contributed by atoms with Gasteiger partial charge in [0.25, 0.3) is 0 Å². The first-order chi connectivity index (χ1) is 14.4. The van der Waals surface area contributed by atoms with E-state index >= 15 is 0 Å². The topological polar surface area (TPSA) is 89.1 Å². The molecule has 0 spiro atoms. The van der Waals surface area contributed by atoms with Crippen molar-refractivity contribution in [3.8, 4) is 0 Å². The van der Waals surface area contributed by atoms with Gasteiger partial charge >= 0.3 is 5.97 Å². The summed E-state index contributed by atoms with van der Waals surface area (Å²) in [7, 11) is 0. The molecule has 5 heteroatoms. The molecule has 0 aliphatic heterocycles. The number of nitrogen functional groups attached to an aromatic ring is 1. The van der Waals surface area contributed by atoms with Crippen LogP contribution in [0.25, 0.3) is 21.8 Å². The van der Waals surface area contributed by atoms with Gasteiger partial charge in [-0.1, -0.05) is 30.3 Å². The third-order valence-electron chi connectivity index (χ3n) is 5.64. The summed E-state index contributed by atoms with van der Waals surface area (Å²) in [5, 5.41) is 11.0. The molecule has 3 N–H and O–H groups in total. The standard InChI is InChI=1S/C25H25N3O2/c1-15-3-9-20-21(13-15)28-25(26)24-23(20)19(11-12-27-24)8-7-18-6-4-17(14-16(18)2)5-10-22(29)30/h3-4,6,9,11-14H,5,7-8,10H2,1-2H3,(H2,26,28)(H,29,30). The van der Waals surface area contributed by atoms with Crippen LogP contribution in [-0.2, 0) is 24.1 Å². The Labute approximate surface area is 175 Å². The molecular formula is C25H25N3O2. The highest BCUT2D eigenvalue weighted by Crippen LogP contribution is 2.30. The predicted molar refractivity (Wildman–Crippen MR) is 121 cm³/mol. The van der Waals surface area contributed by atoms with Crippen molar-refractivity contribution in [1.82, 2.24) is 9.97 Å². The second-order valence-corrected chi connectivity index (χ2v) is 7.87. The number of pyridine rings is 2. The van der Waals surface area contributed by atoms with E-state index < -0.39 is 5.97 Å². The molecule has 0 aliphatic carbocycles. The van der Waals surface area contributed by atoms with Crippen molar-refractivity contribution < 1.29 is 9.90 Å². The Balaban J connectivity index is 1.66. The Hall–Kier alpha value is -3.47. The predicted octanol–water partition coefficient (Wildman–Crippen LogP) is 4.78. The van der Waals surface area contributed by atoms with Crippen molar-refractivity contribution in [3.05, 3.63) is 76.5 Å². The number of nitrogens with two attached hydrogens (primary N) is 1. The molecule has 4 aromatic rings. The van der Waals surface area contributed by atoms with Gasteiger partial charge in [0.1, 0.15) is 5.52 Å². The Bertz CT molecular complexity index is 1260. The van der Waals surface area contributed by atoms with Crippen LogP contribution in [0.2, 0.25) is 0 Å². The van der Waals surface area contributed by atoms with Crippen molar-refractivity contribution in [1.29, 1.82) is 0 Å². The summed E-state index contributed by atoms with van der Waals surface area (Å²) in [5.74, 6) is -0.304. The molecule has 0 amide bonds. The quantitative estimate of drug-likeness (QED) is 0.455. The molecule has 2 aromatic carbocycles. The number of benzene rings is 2. The molecule has 2 aromatic heterocycles. The van der Waals surface area contributed by atoms with Gasteiger partial charge < -0.3 is 10.8 Å². The first-order valence-electron chi connectivity index (χ1n) is 10.2. The summed E-state index contributed by atoms with van der Waals surface area (Å²) in [6.07, 6.45) is 4.27.